The quantitative estimate of drug-likeness (QED) is 0.202. The number of anilines is 1. The van der Waals surface area contributed by atoms with Crippen molar-refractivity contribution in [2.24, 2.45) is 0 Å². The molecule has 0 heterocycles. The van der Waals surface area contributed by atoms with Crippen molar-refractivity contribution >= 4 is 28.6 Å². The average molecular weight is 494 g/mol. The fourth-order valence-corrected chi connectivity index (χ4v) is 3.66. The Hall–Kier alpha value is -3.31. The molecule has 0 saturated heterocycles. The molecular weight excluding hydrogens is 465 g/mol. The molecule has 6 heteroatoms. The summed E-state index contributed by atoms with van der Waals surface area (Å²) in [5.41, 5.74) is 5.35. The van der Waals surface area contributed by atoms with Crippen LogP contribution in [0, 0.1) is 0 Å². The molecule has 0 radical (unpaired) electrons. The second kappa shape index (κ2) is 12.8. The van der Waals surface area contributed by atoms with E-state index in [1.54, 1.807) is 7.11 Å². The Kier molecular flexibility index (Phi) is 10.1. The lowest BCUT2D eigenvalue weighted by molar-refractivity contribution is -0.786. The summed E-state index contributed by atoms with van der Waals surface area (Å²) in [4.78, 5) is 1.29. The van der Waals surface area contributed by atoms with Crippen molar-refractivity contribution in [3.63, 3.8) is 0 Å². The third kappa shape index (κ3) is 6.17. The van der Waals surface area contributed by atoms with Gasteiger partial charge in [0.2, 0.25) is 0 Å². The maximum atomic E-state index is 5.63. The molecule has 4 rings (SSSR count). The fourth-order valence-electron chi connectivity index (χ4n) is 3.66. The number of nitrogens with one attached hydrogen (secondary N) is 2. The van der Waals surface area contributed by atoms with Gasteiger partial charge in [-0.3, -0.25) is 0 Å². The van der Waals surface area contributed by atoms with Crippen LogP contribution < -0.4 is 44.3 Å². The van der Waals surface area contributed by atoms with E-state index in [4.69, 9.17) is 4.74 Å². The van der Waals surface area contributed by atoms with E-state index in [9.17, 15) is 0 Å². The molecule has 0 amide bonds. The van der Waals surface area contributed by atoms with Gasteiger partial charge in [-0.2, -0.15) is 4.58 Å². The van der Waals surface area contributed by atoms with Gasteiger partial charge in [0, 0.05) is 0 Å². The molecule has 2 N–H and O–H groups in total. The van der Waals surface area contributed by atoms with Crippen LogP contribution in [0.2, 0.25) is 0 Å². The van der Waals surface area contributed by atoms with E-state index in [2.05, 4.69) is 96.8 Å². The van der Waals surface area contributed by atoms with Crippen LogP contribution in [-0.2, 0) is 0 Å². The largest absolute Gasteiger partial charge is 1.00 e. The zero-order valence-electron chi connectivity index (χ0n) is 19.5. The molecule has 34 heavy (non-hydrogen) atoms. The summed E-state index contributed by atoms with van der Waals surface area (Å²) in [6.07, 6.45) is 0. The number of quaternary nitrogens is 1. The maximum absolute atomic E-state index is 5.63. The third-order valence-electron chi connectivity index (χ3n) is 5.35. The molecule has 0 aliphatic carbocycles. The van der Waals surface area contributed by atoms with Crippen molar-refractivity contribution < 1.29 is 34.5 Å². The Morgan fingerprint density at radius 2 is 1.18 bits per heavy atom. The van der Waals surface area contributed by atoms with Gasteiger partial charge in [-0.1, -0.05) is 48.5 Å². The second-order valence-corrected chi connectivity index (χ2v) is 7.76. The minimum Gasteiger partial charge on any atom is -1.00 e. The number of hydrogen-bond acceptors (Lipinski definition) is 1. The molecule has 0 bridgehead atoms. The maximum Gasteiger partial charge on any atom is 0.292 e. The smallest absolute Gasteiger partial charge is 0.292 e. The molecule has 0 spiro atoms. The van der Waals surface area contributed by atoms with E-state index in [-0.39, 0.29) is 24.8 Å². The Morgan fingerprint density at radius 3 is 1.68 bits per heavy atom. The summed E-state index contributed by atoms with van der Waals surface area (Å²) in [7, 11) is 5.96. The van der Waals surface area contributed by atoms with E-state index in [1.165, 1.54) is 10.6 Å². The summed E-state index contributed by atoms with van der Waals surface area (Å²) in [6.45, 7) is 0. The first-order valence-corrected chi connectivity index (χ1v) is 10.8. The van der Waals surface area contributed by atoms with Crippen LogP contribution >= 0.6 is 0 Å². The Labute approximate surface area is 214 Å². The molecular formula is C28H29Cl2N3O. The van der Waals surface area contributed by atoms with Gasteiger partial charge in [-0.15, -0.1) is 0 Å². The minimum absolute atomic E-state index is 0. The van der Waals surface area contributed by atoms with Crippen LogP contribution in [-0.4, -0.2) is 27.0 Å². The number of ether oxygens (including phenoxy) is 1. The van der Waals surface area contributed by atoms with Gasteiger partial charge in [0.25, 0.3) is 5.84 Å². The number of hydrogen-bond donors (Lipinski definition) is 2. The number of para-hydroxylation sites is 4. The monoisotopic (exact) mass is 493 g/mol. The van der Waals surface area contributed by atoms with Gasteiger partial charge in [-0.05, 0) is 60.7 Å². The molecule has 0 aliphatic heterocycles. The third-order valence-corrected chi connectivity index (χ3v) is 5.35. The van der Waals surface area contributed by atoms with Crippen molar-refractivity contribution in [1.29, 1.82) is 0 Å². The highest BCUT2D eigenvalue weighted by Gasteiger charge is 2.23. The first-order valence-electron chi connectivity index (χ1n) is 10.8. The first-order chi connectivity index (χ1) is 15.7. The molecule has 0 saturated carbocycles. The molecule has 176 valence electrons. The predicted octanol–water partition coefficient (Wildman–Crippen LogP) is -1.13. The van der Waals surface area contributed by atoms with Crippen molar-refractivity contribution in [1.82, 2.24) is 4.58 Å². The first kappa shape index (κ1) is 26.9. The van der Waals surface area contributed by atoms with Crippen molar-refractivity contribution in [3.05, 3.63) is 115 Å². The lowest BCUT2D eigenvalue weighted by Gasteiger charge is -2.15. The molecule has 4 aromatic carbocycles. The number of methoxy groups -OCH3 is 1. The standard InChI is InChI=1S/C28H27N3O.2ClH/c1-30(2)23-20-18-22(19-21-23)28(29-26-16-10-11-17-27(26)32-3)31(24-12-6-4-7-13-24)25-14-8-5-9-15-25;;/h4-21H,1-3H3;2*1H. The summed E-state index contributed by atoms with van der Waals surface area (Å²) in [5, 5.41) is 3.67. The number of rotatable bonds is 6. The Morgan fingerprint density at radius 1 is 0.676 bits per heavy atom. The lowest BCUT2D eigenvalue weighted by atomic mass is 10.1. The van der Waals surface area contributed by atoms with Gasteiger partial charge in [0.1, 0.15) is 17.1 Å². The zero-order chi connectivity index (χ0) is 22.3. The number of nitrogens with zero attached hydrogens (tertiary/aromatic N) is 1. The topological polar surface area (TPSA) is 28.7 Å². The van der Waals surface area contributed by atoms with E-state index in [0.717, 1.165) is 34.2 Å². The highest BCUT2D eigenvalue weighted by atomic mass is 35.5. The minimum atomic E-state index is 0. The summed E-state index contributed by atoms with van der Waals surface area (Å²) in [5.74, 6) is 1.74. The van der Waals surface area contributed by atoms with Gasteiger partial charge >= 0.3 is 0 Å². The van der Waals surface area contributed by atoms with E-state index in [0.29, 0.717) is 0 Å². The molecule has 0 aromatic heterocycles. The average Bonchev–Trinajstić information content (AvgIpc) is 2.85. The Bertz CT molecular complexity index is 1150. The van der Waals surface area contributed by atoms with Crippen molar-refractivity contribution in [2.45, 2.75) is 0 Å². The van der Waals surface area contributed by atoms with Gasteiger partial charge in [0.15, 0.2) is 11.4 Å². The van der Waals surface area contributed by atoms with Crippen LogP contribution in [0.15, 0.2) is 109 Å². The van der Waals surface area contributed by atoms with Gasteiger partial charge in [0.05, 0.1) is 26.8 Å². The summed E-state index contributed by atoms with van der Waals surface area (Å²) < 4.78 is 7.87. The van der Waals surface area contributed by atoms with E-state index < -0.39 is 0 Å². The molecule has 4 aromatic rings. The van der Waals surface area contributed by atoms with Crippen LogP contribution in [0.5, 0.6) is 5.75 Å². The molecule has 4 nitrogen and oxygen atoms in total. The molecule has 0 unspecified atom stereocenters. The van der Waals surface area contributed by atoms with Gasteiger partial charge < -0.3 is 34.5 Å². The summed E-state index contributed by atoms with van der Waals surface area (Å²) in [6, 6.07) is 37.5. The SMILES string of the molecule is COc1ccccc1NC(c1ccc([NH+](C)C)cc1)=[N+](c1ccccc1)c1ccccc1.[Cl-].[Cl-]. The number of halogens is 2. The van der Waals surface area contributed by atoms with Crippen LogP contribution in [0.25, 0.3) is 0 Å². The van der Waals surface area contributed by atoms with Crippen LogP contribution in [0.4, 0.5) is 22.7 Å². The summed E-state index contributed by atoms with van der Waals surface area (Å²) >= 11 is 0. The van der Waals surface area contributed by atoms with Crippen molar-refractivity contribution in [2.75, 3.05) is 26.5 Å². The highest BCUT2D eigenvalue weighted by molar-refractivity contribution is 6.11. The number of amidine groups is 1. The van der Waals surface area contributed by atoms with E-state index in [1.807, 2.05) is 36.4 Å². The lowest BCUT2D eigenvalue weighted by Crippen LogP contribution is -3.00. The zero-order valence-corrected chi connectivity index (χ0v) is 21.0. The fraction of sp³-hybridized carbons (Fsp3) is 0.107. The molecule has 0 atom stereocenters. The van der Waals surface area contributed by atoms with Crippen LogP contribution in [0.1, 0.15) is 5.56 Å². The van der Waals surface area contributed by atoms with Crippen LogP contribution in [0.3, 0.4) is 0 Å². The second-order valence-electron chi connectivity index (χ2n) is 7.76. The van der Waals surface area contributed by atoms with Crippen molar-refractivity contribution in [3.8, 4) is 5.75 Å². The molecule has 0 fully saturated rings. The van der Waals surface area contributed by atoms with Gasteiger partial charge in [-0.25, -0.2) is 5.32 Å². The molecule has 0 aliphatic rings. The van der Waals surface area contributed by atoms with E-state index >= 15 is 0 Å². The Balaban J connectivity index is 0.00000204. The number of benzene rings is 4. The predicted molar refractivity (Wildman–Crippen MR) is 134 cm³/mol. The highest BCUT2D eigenvalue weighted by Crippen LogP contribution is 2.27. The normalized spacial score (nSPS) is 10.0.